The number of hydrogen-bond acceptors (Lipinski definition) is 3. The van der Waals surface area contributed by atoms with Crippen LogP contribution in [0.5, 0.6) is 0 Å². The Kier molecular flexibility index (Phi) is 3.83. The molecule has 2 aromatic rings. The molecule has 1 N–H and O–H groups in total. The van der Waals surface area contributed by atoms with Gasteiger partial charge in [0.25, 0.3) is 0 Å². The first-order chi connectivity index (χ1) is 9.79. The zero-order valence-corrected chi connectivity index (χ0v) is 12.3. The highest BCUT2D eigenvalue weighted by atomic mass is 15.1. The van der Waals surface area contributed by atoms with E-state index in [1.165, 1.54) is 24.2 Å². The van der Waals surface area contributed by atoms with Gasteiger partial charge in [-0.2, -0.15) is 0 Å². The molecule has 3 rings (SSSR count). The van der Waals surface area contributed by atoms with Crippen molar-refractivity contribution < 1.29 is 0 Å². The topological polar surface area (TPSA) is 42.7 Å². The Bertz CT molecular complexity index is 571. The highest BCUT2D eigenvalue weighted by molar-refractivity contribution is 5.35. The monoisotopic (exact) mass is 270 g/mol. The molecule has 1 atom stereocenters. The quantitative estimate of drug-likeness (QED) is 0.929. The number of rotatable bonds is 4. The zero-order chi connectivity index (χ0) is 13.9. The summed E-state index contributed by atoms with van der Waals surface area (Å²) in [7, 11) is 0. The van der Waals surface area contributed by atoms with E-state index in [2.05, 4.69) is 45.8 Å². The van der Waals surface area contributed by atoms with Gasteiger partial charge in [0.15, 0.2) is 0 Å². The SMILES string of the molecule is CCNC(C)c1ccc(-n2cnc3c2CCCC3)cn1. The molecule has 0 saturated carbocycles. The molecule has 1 unspecified atom stereocenters. The van der Waals surface area contributed by atoms with Gasteiger partial charge in [0.05, 0.1) is 29.6 Å². The fourth-order valence-corrected chi connectivity index (χ4v) is 2.90. The lowest BCUT2D eigenvalue weighted by Gasteiger charge is -2.15. The van der Waals surface area contributed by atoms with E-state index in [0.29, 0.717) is 6.04 Å². The first-order valence-corrected chi connectivity index (χ1v) is 7.54. The molecule has 4 nitrogen and oxygen atoms in total. The van der Waals surface area contributed by atoms with E-state index < -0.39 is 0 Å². The minimum absolute atomic E-state index is 0.297. The summed E-state index contributed by atoms with van der Waals surface area (Å²) in [5.41, 5.74) is 4.84. The van der Waals surface area contributed by atoms with Gasteiger partial charge in [-0.3, -0.25) is 4.98 Å². The van der Waals surface area contributed by atoms with Crippen LogP contribution < -0.4 is 5.32 Å². The van der Waals surface area contributed by atoms with Gasteiger partial charge < -0.3 is 9.88 Å². The Morgan fingerprint density at radius 1 is 1.25 bits per heavy atom. The summed E-state index contributed by atoms with van der Waals surface area (Å²) in [6, 6.07) is 4.55. The first kappa shape index (κ1) is 13.3. The fraction of sp³-hybridized carbons (Fsp3) is 0.500. The molecule has 106 valence electrons. The van der Waals surface area contributed by atoms with Crippen LogP contribution >= 0.6 is 0 Å². The van der Waals surface area contributed by atoms with Crippen molar-refractivity contribution in [1.29, 1.82) is 0 Å². The summed E-state index contributed by atoms with van der Waals surface area (Å²) in [4.78, 5) is 9.13. The molecule has 2 heterocycles. The minimum atomic E-state index is 0.297. The van der Waals surface area contributed by atoms with Crippen LogP contribution in [-0.2, 0) is 12.8 Å². The van der Waals surface area contributed by atoms with Crippen LogP contribution in [0.2, 0.25) is 0 Å². The third kappa shape index (κ3) is 2.48. The number of pyridine rings is 1. The molecule has 0 saturated heterocycles. The molecular weight excluding hydrogens is 248 g/mol. The van der Waals surface area contributed by atoms with E-state index in [4.69, 9.17) is 0 Å². The molecule has 0 spiro atoms. The third-order valence-corrected chi connectivity index (χ3v) is 4.03. The van der Waals surface area contributed by atoms with Gasteiger partial charge in [-0.25, -0.2) is 4.98 Å². The molecular formula is C16H22N4. The molecule has 0 bridgehead atoms. The van der Waals surface area contributed by atoms with E-state index >= 15 is 0 Å². The minimum Gasteiger partial charge on any atom is -0.309 e. The van der Waals surface area contributed by atoms with Crippen LogP contribution in [-0.4, -0.2) is 21.1 Å². The number of imidazole rings is 1. The van der Waals surface area contributed by atoms with Crippen molar-refractivity contribution in [2.45, 2.75) is 45.6 Å². The smallest absolute Gasteiger partial charge is 0.0998 e. The average Bonchev–Trinajstić information content (AvgIpc) is 2.92. The highest BCUT2D eigenvalue weighted by Gasteiger charge is 2.16. The van der Waals surface area contributed by atoms with Gasteiger partial charge in [0.2, 0.25) is 0 Å². The van der Waals surface area contributed by atoms with Crippen LogP contribution in [0.3, 0.4) is 0 Å². The van der Waals surface area contributed by atoms with Crippen LogP contribution in [0.4, 0.5) is 0 Å². The normalized spacial score (nSPS) is 15.9. The Morgan fingerprint density at radius 2 is 2.10 bits per heavy atom. The number of nitrogens with one attached hydrogen (secondary N) is 1. The standard InChI is InChI=1S/C16H22N4/c1-3-17-12(2)14-9-8-13(10-18-14)20-11-19-15-6-4-5-7-16(15)20/h8-12,17H,3-7H2,1-2H3. The van der Waals surface area contributed by atoms with Gasteiger partial charge in [-0.1, -0.05) is 6.92 Å². The Hall–Kier alpha value is -1.68. The average molecular weight is 270 g/mol. The van der Waals surface area contributed by atoms with E-state index in [9.17, 15) is 0 Å². The summed E-state index contributed by atoms with van der Waals surface area (Å²) in [5, 5.41) is 3.38. The molecule has 0 aromatic carbocycles. The lowest BCUT2D eigenvalue weighted by molar-refractivity contribution is 0.583. The molecule has 1 aliphatic rings. The van der Waals surface area contributed by atoms with Crippen LogP contribution in [0, 0.1) is 0 Å². The van der Waals surface area contributed by atoms with Crippen molar-refractivity contribution in [3.63, 3.8) is 0 Å². The summed E-state index contributed by atoms with van der Waals surface area (Å²) in [6.07, 6.45) is 8.68. The molecule has 20 heavy (non-hydrogen) atoms. The lowest BCUT2D eigenvalue weighted by Crippen LogP contribution is -2.18. The van der Waals surface area contributed by atoms with Gasteiger partial charge in [-0.05, 0) is 51.3 Å². The van der Waals surface area contributed by atoms with Gasteiger partial charge in [0.1, 0.15) is 0 Å². The van der Waals surface area contributed by atoms with Crippen LogP contribution in [0.1, 0.15) is 49.8 Å². The predicted octanol–water partition coefficient (Wildman–Crippen LogP) is 2.82. The number of fused-ring (bicyclic) bond motifs is 1. The van der Waals surface area contributed by atoms with Crippen molar-refractivity contribution in [3.8, 4) is 5.69 Å². The van der Waals surface area contributed by atoms with Crippen molar-refractivity contribution in [2.75, 3.05) is 6.54 Å². The Labute approximate surface area is 120 Å². The molecule has 1 aliphatic carbocycles. The summed E-state index contributed by atoms with van der Waals surface area (Å²) >= 11 is 0. The van der Waals surface area contributed by atoms with E-state index in [1.54, 1.807) is 0 Å². The van der Waals surface area contributed by atoms with Crippen molar-refractivity contribution >= 4 is 0 Å². The van der Waals surface area contributed by atoms with Crippen LogP contribution in [0.25, 0.3) is 5.69 Å². The van der Waals surface area contributed by atoms with E-state index in [0.717, 1.165) is 30.8 Å². The van der Waals surface area contributed by atoms with Gasteiger partial charge in [0, 0.05) is 11.7 Å². The zero-order valence-electron chi connectivity index (χ0n) is 12.3. The lowest BCUT2D eigenvalue weighted by atomic mass is 10.0. The predicted molar refractivity (Wildman–Crippen MR) is 80.1 cm³/mol. The van der Waals surface area contributed by atoms with Crippen molar-refractivity contribution in [3.05, 3.63) is 41.7 Å². The second-order valence-corrected chi connectivity index (χ2v) is 5.44. The van der Waals surface area contributed by atoms with E-state index in [1.807, 2.05) is 12.5 Å². The van der Waals surface area contributed by atoms with Crippen molar-refractivity contribution in [2.24, 2.45) is 0 Å². The highest BCUT2D eigenvalue weighted by Crippen LogP contribution is 2.23. The van der Waals surface area contributed by atoms with Crippen LogP contribution in [0.15, 0.2) is 24.7 Å². The van der Waals surface area contributed by atoms with Gasteiger partial charge >= 0.3 is 0 Å². The van der Waals surface area contributed by atoms with E-state index in [-0.39, 0.29) is 0 Å². The first-order valence-electron chi connectivity index (χ1n) is 7.54. The number of nitrogens with zero attached hydrogens (tertiary/aromatic N) is 3. The van der Waals surface area contributed by atoms with Gasteiger partial charge in [-0.15, -0.1) is 0 Å². The van der Waals surface area contributed by atoms with Crippen molar-refractivity contribution in [1.82, 2.24) is 19.9 Å². The molecule has 0 amide bonds. The molecule has 0 fully saturated rings. The largest absolute Gasteiger partial charge is 0.309 e. The Morgan fingerprint density at radius 3 is 2.85 bits per heavy atom. The summed E-state index contributed by atoms with van der Waals surface area (Å²) in [5.74, 6) is 0. The summed E-state index contributed by atoms with van der Waals surface area (Å²) < 4.78 is 2.20. The molecule has 0 radical (unpaired) electrons. The maximum atomic E-state index is 4.59. The maximum Gasteiger partial charge on any atom is 0.0998 e. The molecule has 0 aliphatic heterocycles. The number of hydrogen-bond donors (Lipinski definition) is 1. The second kappa shape index (κ2) is 5.75. The molecule has 4 heteroatoms. The number of aromatic nitrogens is 3. The Balaban J connectivity index is 1.86. The number of aryl methyl sites for hydroxylation is 1. The second-order valence-electron chi connectivity index (χ2n) is 5.44. The fourth-order valence-electron chi connectivity index (χ4n) is 2.90. The molecule has 2 aromatic heterocycles. The summed E-state index contributed by atoms with van der Waals surface area (Å²) in [6.45, 7) is 5.22. The maximum absolute atomic E-state index is 4.59. The third-order valence-electron chi connectivity index (χ3n) is 4.03.